The van der Waals surface area contributed by atoms with Crippen LogP contribution in [0.1, 0.15) is 22.3 Å². The van der Waals surface area contributed by atoms with Crippen LogP contribution in [0.25, 0.3) is 90.4 Å². The topological polar surface area (TPSA) is 135 Å². The van der Waals surface area contributed by atoms with Gasteiger partial charge in [0, 0.05) is 67.2 Å². The van der Waals surface area contributed by atoms with Crippen LogP contribution < -0.4 is 0 Å². The van der Waals surface area contributed by atoms with E-state index in [-0.39, 0.29) is 22.0 Å². The molecule has 5 heterocycles. The zero-order valence-corrected chi connectivity index (χ0v) is 50.2. The van der Waals surface area contributed by atoms with Crippen molar-refractivity contribution in [1.29, 1.82) is 0 Å². The molecule has 4 aromatic carbocycles. The Balaban J connectivity index is 1.28. The van der Waals surface area contributed by atoms with E-state index in [0.29, 0.717) is 40.6 Å². The summed E-state index contributed by atoms with van der Waals surface area (Å²) in [6.45, 7) is 0. The predicted molar refractivity (Wildman–Crippen MR) is 324 cm³/mol. The quantitative estimate of drug-likeness (QED) is 0.0702. The van der Waals surface area contributed by atoms with Crippen LogP contribution in [0.5, 0.6) is 0 Å². The summed E-state index contributed by atoms with van der Waals surface area (Å²) in [5.41, 5.74) is 12.6. The SMILES string of the molecule is CN(C)C(SCc1ccc2c(c1)-c1nc3nc(nc4[nH]c([nH]c5nc(nc-2n1)-c1cc(CSC(N(C)C)N(C)C)ccc1-5)c1cc(CSC(N(C)C)N(C)C)ccc41)-c1cc(CSC(N(C)C)N(C)C)ccc1-3)N(C)C. The van der Waals surface area contributed by atoms with Crippen LogP contribution in [-0.4, -0.2) is 214 Å². The maximum absolute atomic E-state index is 5.46. The fourth-order valence-corrected chi connectivity index (χ4v) is 14.5. The van der Waals surface area contributed by atoms with E-state index >= 15 is 0 Å². The van der Waals surface area contributed by atoms with E-state index in [0.717, 1.165) is 72.8 Å². The molecular weight excluding hydrogens is 1020 g/mol. The largest absolute Gasteiger partial charge is 0.325 e. The first-order valence-corrected chi connectivity index (χ1v) is 29.6. The summed E-state index contributed by atoms with van der Waals surface area (Å²) < 4.78 is 0. The van der Waals surface area contributed by atoms with Crippen molar-refractivity contribution in [3.8, 4) is 68.3 Å². The van der Waals surface area contributed by atoms with Crippen molar-refractivity contribution in [2.24, 2.45) is 0 Å². The molecular formula is C56H74N16S4. The van der Waals surface area contributed by atoms with Gasteiger partial charge in [0.2, 0.25) is 0 Å². The smallest absolute Gasteiger partial charge is 0.164 e. The monoisotopic (exact) mass is 1100 g/mol. The van der Waals surface area contributed by atoms with Gasteiger partial charge < -0.3 is 9.97 Å². The van der Waals surface area contributed by atoms with Crippen LogP contribution in [0.15, 0.2) is 72.8 Å². The van der Waals surface area contributed by atoms with Gasteiger partial charge in [0.05, 0.1) is 0 Å². The zero-order chi connectivity index (χ0) is 54.3. The van der Waals surface area contributed by atoms with Crippen LogP contribution in [0.4, 0.5) is 0 Å². The first-order chi connectivity index (χ1) is 36.2. The van der Waals surface area contributed by atoms with E-state index in [1.165, 1.54) is 22.3 Å². The molecule has 8 bridgehead atoms. The highest BCUT2D eigenvalue weighted by Crippen LogP contribution is 2.42. The molecule has 3 aliphatic heterocycles. The van der Waals surface area contributed by atoms with Gasteiger partial charge in [-0.2, -0.15) is 0 Å². The maximum Gasteiger partial charge on any atom is 0.164 e. The molecule has 9 rings (SSSR count). The number of aromatic amines is 2. The molecule has 0 unspecified atom stereocenters. The third-order valence-corrected chi connectivity index (χ3v) is 19.8. The Hall–Kier alpha value is -4.68. The fraction of sp³-hybridized carbons (Fsp3) is 0.429. The number of hydrogen-bond donors (Lipinski definition) is 2. The molecule has 0 saturated heterocycles. The van der Waals surface area contributed by atoms with E-state index < -0.39 is 0 Å². The number of rotatable bonds is 20. The number of thioether (sulfide) groups is 4. The van der Waals surface area contributed by atoms with Gasteiger partial charge in [-0.3, -0.25) is 39.2 Å². The molecule has 0 radical (unpaired) electrons. The summed E-state index contributed by atoms with van der Waals surface area (Å²) >= 11 is 7.53. The molecule has 16 nitrogen and oxygen atoms in total. The third kappa shape index (κ3) is 12.1. The molecule has 402 valence electrons. The van der Waals surface area contributed by atoms with Gasteiger partial charge in [-0.25, -0.2) is 29.9 Å². The lowest BCUT2D eigenvalue weighted by Crippen LogP contribution is -2.37. The summed E-state index contributed by atoms with van der Waals surface area (Å²) in [6.07, 6.45) is 0. The van der Waals surface area contributed by atoms with Gasteiger partial charge in [0.25, 0.3) is 0 Å². The predicted octanol–water partition coefficient (Wildman–Crippen LogP) is 9.33. The first-order valence-electron chi connectivity index (χ1n) is 25.4. The normalized spacial score (nSPS) is 13.0. The van der Waals surface area contributed by atoms with Gasteiger partial charge in [-0.1, -0.05) is 48.5 Å². The minimum absolute atomic E-state index is 0.199. The lowest BCUT2D eigenvalue weighted by atomic mass is 10.0. The molecule has 76 heavy (non-hydrogen) atoms. The number of benzene rings is 4. The van der Waals surface area contributed by atoms with Crippen LogP contribution in [0.2, 0.25) is 0 Å². The van der Waals surface area contributed by atoms with Crippen molar-refractivity contribution in [1.82, 2.24) is 79.1 Å². The number of hydrogen-bond acceptors (Lipinski definition) is 18. The first kappa shape index (κ1) is 56.1. The second kappa shape index (κ2) is 23.7. The Labute approximate surface area is 466 Å². The van der Waals surface area contributed by atoms with Crippen molar-refractivity contribution >= 4 is 69.1 Å². The van der Waals surface area contributed by atoms with Gasteiger partial charge in [-0.05, 0) is 159 Å². The summed E-state index contributed by atoms with van der Waals surface area (Å²) in [4.78, 5) is 57.7. The number of fused-ring (bicyclic) bond motifs is 20. The molecule has 2 N–H and O–H groups in total. The van der Waals surface area contributed by atoms with Crippen molar-refractivity contribution in [3.63, 3.8) is 0 Å². The number of aromatic nitrogens is 8. The zero-order valence-electron chi connectivity index (χ0n) is 47.0. The molecule has 2 aromatic heterocycles. The van der Waals surface area contributed by atoms with E-state index in [9.17, 15) is 0 Å². The third-order valence-electron chi connectivity index (χ3n) is 13.2. The van der Waals surface area contributed by atoms with E-state index in [2.05, 4.69) is 235 Å². The summed E-state index contributed by atoms with van der Waals surface area (Å²) in [6, 6.07) is 26.5. The second-order valence-corrected chi connectivity index (χ2v) is 25.6. The Kier molecular flexibility index (Phi) is 17.5. The Bertz CT molecular complexity index is 3240. The molecule has 0 fully saturated rings. The van der Waals surface area contributed by atoms with Gasteiger partial charge >= 0.3 is 0 Å². The minimum atomic E-state index is 0.199. The van der Waals surface area contributed by atoms with Crippen molar-refractivity contribution < 1.29 is 0 Å². The summed E-state index contributed by atoms with van der Waals surface area (Å²) in [5.74, 6) is 6.77. The van der Waals surface area contributed by atoms with Gasteiger partial charge in [0.1, 0.15) is 39.1 Å². The molecule has 6 aromatic rings. The molecule has 20 heteroatoms. The summed E-state index contributed by atoms with van der Waals surface area (Å²) in [5, 5.41) is 1.98. The van der Waals surface area contributed by atoms with Gasteiger partial charge in [-0.15, -0.1) is 47.0 Å². The van der Waals surface area contributed by atoms with Crippen LogP contribution in [0.3, 0.4) is 0 Å². The molecule has 3 aliphatic rings. The molecule has 0 atom stereocenters. The highest BCUT2D eigenvalue weighted by atomic mass is 32.2. The Morgan fingerprint density at radius 1 is 0.329 bits per heavy atom. The minimum Gasteiger partial charge on any atom is -0.325 e. The summed E-state index contributed by atoms with van der Waals surface area (Å²) in [7, 11) is 33.9. The highest BCUT2D eigenvalue weighted by molar-refractivity contribution is 7.99. The molecule has 0 saturated carbocycles. The van der Waals surface area contributed by atoms with E-state index in [1.54, 1.807) is 0 Å². The van der Waals surface area contributed by atoms with Crippen LogP contribution >= 0.6 is 47.0 Å². The van der Waals surface area contributed by atoms with Crippen LogP contribution in [0, 0.1) is 0 Å². The number of nitrogens with one attached hydrogen (secondary N) is 2. The van der Waals surface area contributed by atoms with Crippen molar-refractivity contribution in [3.05, 3.63) is 95.1 Å². The molecule has 0 amide bonds. The van der Waals surface area contributed by atoms with E-state index in [4.69, 9.17) is 29.9 Å². The average molecular weight is 1100 g/mol. The molecule has 0 aliphatic carbocycles. The number of H-pyrrole nitrogens is 2. The van der Waals surface area contributed by atoms with Crippen molar-refractivity contribution in [2.45, 2.75) is 45.0 Å². The lowest BCUT2D eigenvalue weighted by molar-refractivity contribution is 0.211. The second-order valence-electron chi connectivity index (χ2n) is 21.4. The van der Waals surface area contributed by atoms with E-state index in [1.807, 2.05) is 47.0 Å². The standard InChI is InChI=1S/C56H74N16S4/c1-65(2)53(66(3)4)73-29-33-17-21-37-41(25-33)49-57-45(37)62-50-43-27-35(31-75-55(69(9)10)70(11)12)19-23-39(43)47(59-50)64-52-44-28-36(32-76-56(71(13)14)72(15)16)20-24-40(44)48(60-52)63-51-42-26-34(18-22-38(42)46(58-51)61-49)30-74-54(67(5)6)68(7)8/h17-28,53-56H,29-32H2,1-16H3,(H2,57,58,59,60,61,62,63,64). The highest BCUT2D eigenvalue weighted by Gasteiger charge is 2.28. The average Bonchev–Trinajstić information content (AvgIpc) is 4.08. The van der Waals surface area contributed by atoms with Gasteiger partial charge in [0.15, 0.2) is 29.1 Å². The Morgan fingerprint density at radius 3 is 1.04 bits per heavy atom. The maximum atomic E-state index is 5.46. The Morgan fingerprint density at radius 2 is 0.645 bits per heavy atom. The lowest BCUT2D eigenvalue weighted by Gasteiger charge is -2.29. The van der Waals surface area contributed by atoms with Crippen LogP contribution in [-0.2, 0) is 23.0 Å². The van der Waals surface area contributed by atoms with Crippen molar-refractivity contribution in [2.75, 3.05) is 113 Å². The fourth-order valence-electron chi connectivity index (χ4n) is 10.1. The number of nitrogens with zero attached hydrogens (tertiary/aromatic N) is 14. The molecule has 0 spiro atoms.